The molecule has 2 N–H and O–H groups in total. The predicted molar refractivity (Wildman–Crippen MR) is 99.8 cm³/mol. The van der Waals surface area contributed by atoms with Crippen molar-refractivity contribution in [2.75, 3.05) is 11.5 Å². The Morgan fingerprint density at radius 3 is 2.32 bits per heavy atom. The summed E-state index contributed by atoms with van der Waals surface area (Å²) < 4.78 is 5.03. The lowest BCUT2D eigenvalue weighted by atomic mass is 10.1. The largest absolute Gasteiger partial charge is 0.482 e. The van der Waals surface area contributed by atoms with Crippen LogP contribution in [-0.2, 0) is 14.4 Å². The van der Waals surface area contributed by atoms with E-state index in [1.807, 2.05) is 6.92 Å². The van der Waals surface area contributed by atoms with Crippen molar-refractivity contribution in [3.63, 3.8) is 0 Å². The molecule has 0 saturated carbocycles. The van der Waals surface area contributed by atoms with Gasteiger partial charge in [0.05, 0.1) is 5.69 Å². The third-order valence-corrected chi connectivity index (χ3v) is 3.95. The molecule has 0 atom stereocenters. The molecule has 0 spiro atoms. The highest BCUT2D eigenvalue weighted by atomic mass is 16.5. The number of aliphatic carboxylic acids is 1. The minimum Gasteiger partial charge on any atom is -0.482 e. The molecule has 2 aromatic carbocycles. The van der Waals surface area contributed by atoms with Crippen LogP contribution in [0, 0.1) is 6.92 Å². The van der Waals surface area contributed by atoms with Crippen molar-refractivity contribution in [1.29, 1.82) is 0 Å². The summed E-state index contributed by atoms with van der Waals surface area (Å²) in [4.78, 5) is 48.5. The first-order chi connectivity index (χ1) is 13.3. The molecular weight excluding hydrogens is 364 g/mol. The number of carboxylic acid groups (broad SMARTS) is 1. The van der Waals surface area contributed by atoms with Crippen molar-refractivity contribution in [2.24, 2.45) is 0 Å². The molecule has 1 heterocycles. The van der Waals surface area contributed by atoms with Gasteiger partial charge < -0.3 is 9.84 Å². The van der Waals surface area contributed by atoms with Crippen LogP contribution in [0.3, 0.4) is 0 Å². The van der Waals surface area contributed by atoms with Crippen LogP contribution in [-0.4, -0.2) is 35.5 Å². The van der Waals surface area contributed by atoms with E-state index >= 15 is 0 Å². The summed E-state index contributed by atoms with van der Waals surface area (Å²) in [6.07, 6.45) is 1.35. The van der Waals surface area contributed by atoms with E-state index in [1.165, 1.54) is 18.2 Å². The van der Waals surface area contributed by atoms with Crippen LogP contribution in [0.5, 0.6) is 5.75 Å². The average molecular weight is 380 g/mol. The molecule has 28 heavy (non-hydrogen) atoms. The molecule has 0 radical (unpaired) electrons. The molecule has 1 aliphatic rings. The molecular formula is C20H16N2O6. The first-order valence-corrected chi connectivity index (χ1v) is 8.28. The highest BCUT2D eigenvalue weighted by Gasteiger charge is 2.36. The molecule has 1 aliphatic heterocycles. The van der Waals surface area contributed by atoms with Crippen molar-refractivity contribution >= 4 is 35.6 Å². The Labute approximate surface area is 160 Å². The van der Waals surface area contributed by atoms with Gasteiger partial charge in [0.1, 0.15) is 11.3 Å². The van der Waals surface area contributed by atoms with Crippen LogP contribution in [0.4, 0.5) is 10.5 Å². The number of hydrogen-bond acceptors (Lipinski definition) is 5. The number of barbiturate groups is 1. The maximum atomic E-state index is 12.8. The van der Waals surface area contributed by atoms with Crippen molar-refractivity contribution < 1.29 is 29.0 Å². The number of aryl methyl sites for hydroxylation is 1. The lowest BCUT2D eigenvalue weighted by molar-refractivity contribution is -0.139. The van der Waals surface area contributed by atoms with E-state index in [0.29, 0.717) is 17.0 Å². The zero-order valence-corrected chi connectivity index (χ0v) is 14.8. The van der Waals surface area contributed by atoms with Gasteiger partial charge in [0.25, 0.3) is 11.8 Å². The van der Waals surface area contributed by atoms with E-state index in [4.69, 9.17) is 9.84 Å². The molecule has 8 nitrogen and oxygen atoms in total. The summed E-state index contributed by atoms with van der Waals surface area (Å²) in [5, 5.41) is 10.8. The second-order valence-electron chi connectivity index (χ2n) is 6.04. The van der Waals surface area contributed by atoms with Gasteiger partial charge in [-0.2, -0.15) is 0 Å². The summed E-state index contributed by atoms with van der Waals surface area (Å²) in [5.74, 6) is -2.29. The number of carbonyl (C=O) groups excluding carboxylic acids is 3. The highest BCUT2D eigenvalue weighted by Crippen LogP contribution is 2.23. The number of benzene rings is 2. The van der Waals surface area contributed by atoms with Crippen LogP contribution in [0.15, 0.2) is 54.1 Å². The van der Waals surface area contributed by atoms with Gasteiger partial charge in [-0.15, -0.1) is 0 Å². The van der Waals surface area contributed by atoms with Crippen molar-refractivity contribution in [2.45, 2.75) is 6.92 Å². The molecule has 4 amide bonds. The normalized spacial score (nSPS) is 15.5. The number of urea groups is 1. The van der Waals surface area contributed by atoms with E-state index in [0.717, 1.165) is 10.5 Å². The number of hydrogen-bond donors (Lipinski definition) is 2. The maximum Gasteiger partial charge on any atom is 0.341 e. The van der Waals surface area contributed by atoms with Gasteiger partial charge in [-0.25, -0.2) is 14.5 Å². The smallest absolute Gasteiger partial charge is 0.341 e. The number of rotatable bonds is 5. The Hall–Kier alpha value is -3.94. The second-order valence-corrected chi connectivity index (χ2v) is 6.04. The Morgan fingerprint density at radius 2 is 1.71 bits per heavy atom. The number of nitrogens with zero attached hydrogens (tertiary/aromatic N) is 1. The molecule has 0 aliphatic carbocycles. The molecule has 142 valence electrons. The number of amides is 4. The summed E-state index contributed by atoms with van der Waals surface area (Å²) in [5.41, 5.74) is 1.63. The fourth-order valence-electron chi connectivity index (χ4n) is 2.56. The summed E-state index contributed by atoms with van der Waals surface area (Å²) in [6, 6.07) is 12.1. The summed E-state index contributed by atoms with van der Waals surface area (Å²) in [6.45, 7) is 1.40. The summed E-state index contributed by atoms with van der Waals surface area (Å²) >= 11 is 0. The van der Waals surface area contributed by atoms with E-state index in [-0.39, 0.29) is 5.57 Å². The molecule has 3 rings (SSSR count). The molecule has 0 aromatic heterocycles. The number of ether oxygens (including phenoxy) is 1. The lowest BCUT2D eigenvalue weighted by Crippen LogP contribution is -2.54. The summed E-state index contributed by atoms with van der Waals surface area (Å²) in [7, 11) is 0. The molecule has 0 unspecified atom stereocenters. The van der Waals surface area contributed by atoms with Crippen LogP contribution >= 0.6 is 0 Å². The van der Waals surface area contributed by atoms with E-state index in [2.05, 4.69) is 5.32 Å². The Bertz CT molecular complexity index is 977. The zero-order valence-electron chi connectivity index (χ0n) is 14.8. The minimum absolute atomic E-state index is 0.195. The van der Waals surface area contributed by atoms with Gasteiger partial charge in [0.2, 0.25) is 0 Å². The lowest BCUT2D eigenvalue weighted by Gasteiger charge is -2.26. The van der Waals surface area contributed by atoms with Gasteiger partial charge in [-0.05, 0) is 42.8 Å². The van der Waals surface area contributed by atoms with Crippen LogP contribution < -0.4 is 15.0 Å². The molecule has 1 fully saturated rings. The standard InChI is InChI=1S/C20H16N2O6/c1-12-2-6-14(7-3-12)22-19(26)16(18(25)21-20(22)27)10-13-4-8-15(9-5-13)28-11-17(23)24/h2-10H,11H2,1H3,(H,23,24)(H,21,25,27)/b16-10+. The molecule has 0 bridgehead atoms. The van der Waals surface area contributed by atoms with Gasteiger partial charge in [0, 0.05) is 0 Å². The maximum absolute atomic E-state index is 12.8. The van der Waals surface area contributed by atoms with Gasteiger partial charge in [0.15, 0.2) is 6.61 Å². The van der Waals surface area contributed by atoms with Crippen LogP contribution in [0.1, 0.15) is 11.1 Å². The minimum atomic E-state index is -1.10. The number of carbonyl (C=O) groups is 4. The monoisotopic (exact) mass is 380 g/mol. The Balaban J connectivity index is 1.86. The fraction of sp³-hybridized carbons (Fsp3) is 0.100. The average Bonchev–Trinajstić information content (AvgIpc) is 2.66. The Kier molecular flexibility index (Phi) is 5.21. The molecule has 2 aromatic rings. The second kappa shape index (κ2) is 7.75. The van der Waals surface area contributed by atoms with Crippen molar-refractivity contribution in [3.8, 4) is 5.75 Å². The highest BCUT2D eigenvalue weighted by molar-refractivity contribution is 6.39. The van der Waals surface area contributed by atoms with Gasteiger partial charge in [-0.3, -0.25) is 14.9 Å². The fourth-order valence-corrected chi connectivity index (χ4v) is 2.56. The third kappa shape index (κ3) is 4.07. The molecule has 8 heteroatoms. The van der Waals surface area contributed by atoms with E-state index in [9.17, 15) is 19.2 Å². The van der Waals surface area contributed by atoms with Gasteiger partial charge in [-0.1, -0.05) is 29.8 Å². The first-order valence-electron chi connectivity index (χ1n) is 8.28. The van der Waals surface area contributed by atoms with Gasteiger partial charge >= 0.3 is 12.0 Å². The number of carboxylic acids is 1. The quantitative estimate of drug-likeness (QED) is 0.607. The predicted octanol–water partition coefficient (Wildman–Crippen LogP) is 2.12. The van der Waals surface area contributed by atoms with E-state index < -0.39 is 30.4 Å². The number of nitrogens with one attached hydrogen (secondary N) is 1. The molecule has 1 saturated heterocycles. The Morgan fingerprint density at radius 1 is 1.07 bits per heavy atom. The first kappa shape index (κ1) is 18.8. The van der Waals surface area contributed by atoms with E-state index in [1.54, 1.807) is 36.4 Å². The number of imide groups is 2. The number of anilines is 1. The van der Waals surface area contributed by atoms with Crippen molar-refractivity contribution in [1.82, 2.24) is 5.32 Å². The SMILES string of the molecule is Cc1ccc(N2C(=O)NC(=O)/C(=C\c3ccc(OCC(=O)O)cc3)C2=O)cc1. The van der Waals surface area contributed by atoms with Crippen LogP contribution in [0.25, 0.3) is 6.08 Å². The van der Waals surface area contributed by atoms with Crippen molar-refractivity contribution in [3.05, 3.63) is 65.2 Å². The zero-order chi connectivity index (χ0) is 20.3. The van der Waals surface area contributed by atoms with Crippen LogP contribution in [0.2, 0.25) is 0 Å². The topological polar surface area (TPSA) is 113 Å². The third-order valence-electron chi connectivity index (χ3n) is 3.95.